The van der Waals surface area contributed by atoms with Crippen LogP contribution in [0.2, 0.25) is 0 Å². The van der Waals surface area contributed by atoms with E-state index in [0.29, 0.717) is 38.9 Å². The van der Waals surface area contributed by atoms with Crippen LogP contribution in [0.15, 0.2) is 29.2 Å². The van der Waals surface area contributed by atoms with E-state index in [4.69, 9.17) is 5.14 Å². The minimum absolute atomic E-state index is 0.0225. The van der Waals surface area contributed by atoms with Crippen molar-refractivity contribution in [3.63, 3.8) is 0 Å². The van der Waals surface area contributed by atoms with Crippen LogP contribution >= 0.6 is 0 Å². The summed E-state index contributed by atoms with van der Waals surface area (Å²) in [7, 11) is -2.34. The van der Waals surface area contributed by atoms with Gasteiger partial charge in [0.1, 0.15) is 0 Å². The maximum atomic E-state index is 12.2. The van der Waals surface area contributed by atoms with Crippen molar-refractivity contribution in [3.05, 3.63) is 29.8 Å². The number of carbonyl (C=O) groups excluding carboxylic acids is 2. The van der Waals surface area contributed by atoms with Crippen LogP contribution in [0.25, 0.3) is 0 Å². The van der Waals surface area contributed by atoms with E-state index in [9.17, 15) is 18.0 Å². The van der Waals surface area contributed by atoms with Gasteiger partial charge in [-0.15, -0.1) is 0 Å². The average Bonchev–Trinajstić information content (AvgIpc) is 2.60. The number of hydrogen-bond donors (Lipinski definition) is 2. The van der Waals surface area contributed by atoms with E-state index in [2.05, 4.69) is 10.1 Å². The third-order valence-corrected chi connectivity index (χ3v) is 5.19. The number of hydrogen-bond acceptors (Lipinski definition) is 5. The highest BCUT2D eigenvalue weighted by molar-refractivity contribution is 7.89. The monoisotopic (exact) mass is 369 g/mol. The third kappa shape index (κ3) is 5.43. The van der Waals surface area contributed by atoms with Gasteiger partial charge in [-0.05, 0) is 37.0 Å². The van der Waals surface area contributed by atoms with Crippen molar-refractivity contribution in [1.82, 2.24) is 10.2 Å². The van der Waals surface area contributed by atoms with Crippen LogP contribution in [0.5, 0.6) is 0 Å². The summed E-state index contributed by atoms with van der Waals surface area (Å²) in [6.07, 6.45) is 1.47. The first-order chi connectivity index (χ1) is 11.8. The number of benzene rings is 1. The Labute approximate surface area is 147 Å². The topological polar surface area (TPSA) is 119 Å². The minimum atomic E-state index is -3.69. The molecular weight excluding hydrogens is 346 g/mol. The van der Waals surface area contributed by atoms with Gasteiger partial charge in [-0.1, -0.05) is 12.1 Å². The number of primary sulfonamides is 1. The first-order valence-electron chi connectivity index (χ1n) is 8.03. The summed E-state index contributed by atoms with van der Waals surface area (Å²) < 4.78 is 27.1. The number of piperidine rings is 1. The zero-order valence-corrected chi connectivity index (χ0v) is 14.9. The molecule has 0 atom stereocenters. The number of carbonyl (C=O) groups is 2. The zero-order valence-electron chi connectivity index (χ0n) is 14.1. The Morgan fingerprint density at radius 1 is 1.24 bits per heavy atom. The van der Waals surface area contributed by atoms with Gasteiger partial charge in [0.15, 0.2) is 0 Å². The fourth-order valence-electron chi connectivity index (χ4n) is 2.77. The van der Waals surface area contributed by atoms with Gasteiger partial charge < -0.3 is 15.0 Å². The molecule has 3 N–H and O–H groups in total. The molecule has 9 heteroatoms. The number of sulfonamides is 1. The summed E-state index contributed by atoms with van der Waals surface area (Å²) in [5, 5.41) is 7.94. The number of nitrogens with two attached hydrogens (primary N) is 1. The van der Waals surface area contributed by atoms with Crippen molar-refractivity contribution in [3.8, 4) is 0 Å². The van der Waals surface area contributed by atoms with Crippen LogP contribution < -0.4 is 10.5 Å². The van der Waals surface area contributed by atoms with Crippen molar-refractivity contribution in [2.75, 3.05) is 26.7 Å². The van der Waals surface area contributed by atoms with E-state index in [0.717, 1.165) is 5.56 Å². The molecule has 25 heavy (non-hydrogen) atoms. The lowest BCUT2D eigenvalue weighted by Gasteiger charge is -2.30. The molecule has 0 radical (unpaired) electrons. The predicted octanol–water partition coefficient (Wildman–Crippen LogP) is 0.471. The molecule has 1 aliphatic rings. The Morgan fingerprint density at radius 2 is 1.84 bits per heavy atom. The quantitative estimate of drug-likeness (QED) is 0.782. The lowest BCUT2D eigenvalue weighted by Crippen LogP contribution is -2.43. The van der Waals surface area contributed by atoms with Crippen LogP contribution in [-0.2, 0) is 26.0 Å². The van der Waals surface area contributed by atoms with Crippen molar-refractivity contribution in [2.24, 2.45) is 11.1 Å². The number of likely N-dealkylation sites (tertiary alicyclic amines) is 1. The SMILES string of the molecule is COC(=O)N1CCC(C(=O)NCCc2ccc(S(N)(=O)=O)cc2)CC1. The second-order valence-electron chi connectivity index (χ2n) is 5.96. The number of nitrogens with zero attached hydrogens (tertiary/aromatic N) is 1. The van der Waals surface area contributed by atoms with Crippen molar-refractivity contribution >= 4 is 22.0 Å². The molecule has 0 spiro atoms. The molecule has 1 aliphatic heterocycles. The summed E-state index contributed by atoms with van der Waals surface area (Å²) in [5.41, 5.74) is 0.910. The number of ether oxygens (including phenoxy) is 1. The van der Waals surface area contributed by atoms with Crippen molar-refractivity contribution in [2.45, 2.75) is 24.2 Å². The summed E-state index contributed by atoms with van der Waals surface area (Å²) >= 11 is 0. The second kappa shape index (κ2) is 8.30. The molecule has 1 fully saturated rings. The number of nitrogens with one attached hydrogen (secondary N) is 1. The maximum Gasteiger partial charge on any atom is 0.409 e. The molecule has 2 amide bonds. The van der Waals surface area contributed by atoms with Gasteiger partial charge >= 0.3 is 6.09 Å². The Hall–Kier alpha value is -2.13. The van der Waals surface area contributed by atoms with Crippen LogP contribution in [0, 0.1) is 5.92 Å². The van der Waals surface area contributed by atoms with Gasteiger partial charge in [0.05, 0.1) is 12.0 Å². The first kappa shape index (κ1) is 19.2. The highest BCUT2D eigenvalue weighted by atomic mass is 32.2. The van der Waals surface area contributed by atoms with Crippen LogP contribution in [0.3, 0.4) is 0 Å². The summed E-state index contributed by atoms with van der Waals surface area (Å²) in [6.45, 7) is 1.49. The lowest BCUT2D eigenvalue weighted by molar-refractivity contribution is -0.126. The van der Waals surface area contributed by atoms with Crippen molar-refractivity contribution in [1.29, 1.82) is 0 Å². The molecule has 1 heterocycles. The van der Waals surface area contributed by atoms with E-state index in [1.54, 1.807) is 17.0 Å². The van der Waals surface area contributed by atoms with Gasteiger partial charge in [0.2, 0.25) is 15.9 Å². The fraction of sp³-hybridized carbons (Fsp3) is 0.500. The van der Waals surface area contributed by atoms with E-state index in [-0.39, 0.29) is 22.8 Å². The van der Waals surface area contributed by atoms with Crippen molar-refractivity contribution < 1.29 is 22.7 Å². The van der Waals surface area contributed by atoms with Crippen LogP contribution in [-0.4, -0.2) is 52.1 Å². The number of amides is 2. The standard InChI is InChI=1S/C16H23N3O5S/c1-24-16(21)19-10-7-13(8-11-19)15(20)18-9-6-12-2-4-14(5-3-12)25(17,22)23/h2-5,13H,6-11H2,1H3,(H,18,20)(H2,17,22,23). The molecule has 138 valence electrons. The zero-order chi connectivity index (χ0) is 18.4. The highest BCUT2D eigenvalue weighted by Gasteiger charge is 2.27. The smallest absolute Gasteiger partial charge is 0.409 e. The third-order valence-electron chi connectivity index (χ3n) is 4.26. The molecule has 0 saturated carbocycles. The Balaban J connectivity index is 1.75. The molecular formula is C16H23N3O5S. The molecule has 8 nitrogen and oxygen atoms in total. The van der Waals surface area contributed by atoms with Gasteiger partial charge in [0.25, 0.3) is 0 Å². The number of methoxy groups -OCH3 is 1. The van der Waals surface area contributed by atoms with Gasteiger partial charge in [-0.2, -0.15) is 0 Å². The summed E-state index contributed by atoms with van der Waals surface area (Å²) in [5.74, 6) is -0.128. The minimum Gasteiger partial charge on any atom is -0.453 e. The Bertz CT molecular complexity index is 710. The summed E-state index contributed by atoms with van der Waals surface area (Å²) in [6, 6.07) is 6.27. The van der Waals surface area contributed by atoms with Crippen LogP contribution in [0.1, 0.15) is 18.4 Å². The lowest BCUT2D eigenvalue weighted by atomic mass is 9.96. The highest BCUT2D eigenvalue weighted by Crippen LogP contribution is 2.18. The molecule has 0 bridgehead atoms. The molecule has 0 unspecified atom stereocenters. The Morgan fingerprint density at radius 3 is 2.36 bits per heavy atom. The molecule has 2 rings (SSSR count). The molecule has 1 saturated heterocycles. The average molecular weight is 369 g/mol. The Kier molecular flexibility index (Phi) is 6.38. The largest absolute Gasteiger partial charge is 0.453 e. The molecule has 1 aromatic rings. The van der Waals surface area contributed by atoms with Gasteiger partial charge in [-0.25, -0.2) is 18.4 Å². The predicted molar refractivity (Wildman–Crippen MR) is 91.2 cm³/mol. The molecule has 0 aliphatic carbocycles. The normalized spacial score (nSPS) is 15.7. The molecule has 0 aromatic heterocycles. The molecule has 1 aromatic carbocycles. The summed E-state index contributed by atoms with van der Waals surface area (Å²) in [4.78, 5) is 25.3. The fourth-order valence-corrected chi connectivity index (χ4v) is 3.29. The second-order valence-corrected chi connectivity index (χ2v) is 7.52. The maximum absolute atomic E-state index is 12.2. The van der Waals surface area contributed by atoms with Gasteiger partial charge in [0, 0.05) is 25.6 Å². The van der Waals surface area contributed by atoms with Gasteiger partial charge in [-0.3, -0.25) is 4.79 Å². The van der Waals surface area contributed by atoms with E-state index in [1.807, 2.05) is 0 Å². The van der Waals surface area contributed by atoms with E-state index >= 15 is 0 Å². The number of rotatable bonds is 5. The van der Waals surface area contributed by atoms with Crippen LogP contribution in [0.4, 0.5) is 4.79 Å². The van der Waals surface area contributed by atoms with E-state index in [1.165, 1.54) is 19.2 Å². The first-order valence-corrected chi connectivity index (χ1v) is 9.58. The van der Waals surface area contributed by atoms with E-state index < -0.39 is 10.0 Å².